The zero-order chi connectivity index (χ0) is 10.8. The molecule has 0 saturated carbocycles. The van der Waals surface area contributed by atoms with Crippen LogP contribution >= 0.6 is 22.3 Å². The number of hydrogen-bond acceptors (Lipinski definition) is 3. The lowest BCUT2D eigenvalue weighted by atomic mass is 10.2. The first-order valence-electron chi connectivity index (χ1n) is 3.66. The van der Waals surface area contributed by atoms with Crippen molar-refractivity contribution in [2.24, 2.45) is 0 Å². The van der Waals surface area contributed by atoms with Gasteiger partial charge in [-0.15, -0.1) is 0 Å². The Morgan fingerprint density at radius 1 is 1.36 bits per heavy atom. The highest BCUT2D eigenvalue weighted by atomic mass is 35.7. The predicted molar refractivity (Wildman–Crippen MR) is 56.5 cm³/mol. The Morgan fingerprint density at radius 2 is 2.00 bits per heavy atom. The van der Waals surface area contributed by atoms with Crippen LogP contribution in [0.2, 0.25) is 5.02 Å². The maximum absolute atomic E-state index is 10.8. The molecule has 78 valence electrons. The number of methoxy groups -OCH3 is 1. The third kappa shape index (κ3) is 3.74. The van der Waals surface area contributed by atoms with Gasteiger partial charge in [-0.3, -0.25) is 0 Å². The molecule has 0 spiro atoms. The molecule has 0 N–H and O–H groups in total. The van der Waals surface area contributed by atoms with E-state index in [0.717, 1.165) is 0 Å². The quantitative estimate of drug-likeness (QED) is 0.779. The third-order valence-electron chi connectivity index (χ3n) is 1.51. The van der Waals surface area contributed by atoms with Crippen molar-refractivity contribution in [3.05, 3.63) is 28.8 Å². The number of rotatable bonds is 3. The van der Waals surface area contributed by atoms with Crippen LogP contribution in [0.4, 0.5) is 0 Å². The molecule has 1 aromatic carbocycles. The smallest absolute Gasteiger partial charge is 0.236 e. The average molecular weight is 255 g/mol. The lowest BCUT2D eigenvalue weighted by Gasteiger charge is -2.03. The summed E-state index contributed by atoms with van der Waals surface area (Å²) in [6, 6.07) is 4.70. The summed E-state index contributed by atoms with van der Waals surface area (Å²) in [5, 5.41) is 0.416. The van der Waals surface area contributed by atoms with E-state index in [1.54, 1.807) is 12.1 Å². The summed E-state index contributed by atoms with van der Waals surface area (Å²) in [5.74, 6) is 0.249. The maximum Gasteiger partial charge on any atom is 0.236 e. The summed E-state index contributed by atoms with van der Waals surface area (Å²) in [6.45, 7) is 0. The van der Waals surface area contributed by atoms with Crippen LogP contribution < -0.4 is 4.74 Å². The van der Waals surface area contributed by atoms with Gasteiger partial charge in [0.2, 0.25) is 9.05 Å². The number of benzene rings is 1. The minimum Gasteiger partial charge on any atom is -0.497 e. The van der Waals surface area contributed by atoms with E-state index in [1.807, 2.05) is 0 Å². The van der Waals surface area contributed by atoms with Crippen LogP contribution in [0.1, 0.15) is 5.56 Å². The molecule has 3 nitrogen and oxygen atoms in total. The van der Waals surface area contributed by atoms with Gasteiger partial charge >= 0.3 is 0 Å². The van der Waals surface area contributed by atoms with Crippen LogP contribution in [0.15, 0.2) is 18.2 Å². The Kier molecular flexibility index (Phi) is 3.64. The molecule has 1 rings (SSSR count). The summed E-state index contributed by atoms with van der Waals surface area (Å²) in [6.07, 6.45) is 0. The van der Waals surface area contributed by atoms with Gasteiger partial charge in [-0.25, -0.2) is 8.42 Å². The number of ether oxygens (including phenoxy) is 1. The van der Waals surface area contributed by atoms with Crippen molar-refractivity contribution in [2.45, 2.75) is 5.75 Å². The normalized spacial score (nSPS) is 11.4. The molecular formula is C8H8Cl2O3S. The standard InChI is InChI=1S/C8H8Cl2O3S/c1-13-8-3-6(2-7(9)4-8)5-14(10,11)12/h2-4H,5H2,1H3. The van der Waals surface area contributed by atoms with Crippen molar-refractivity contribution in [1.82, 2.24) is 0 Å². The van der Waals surface area contributed by atoms with Gasteiger partial charge in [-0.2, -0.15) is 0 Å². The molecule has 0 bridgehead atoms. The van der Waals surface area contributed by atoms with E-state index in [2.05, 4.69) is 0 Å². The summed E-state index contributed by atoms with van der Waals surface area (Å²) in [4.78, 5) is 0. The molecule has 14 heavy (non-hydrogen) atoms. The molecule has 1 aromatic rings. The van der Waals surface area contributed by atoms with E-state index < -0.39 is 9.05 Å². The molecule has 0 heterocycles. The maximum atomic E-state index is 10.8. The van der Waals surface area contributed by atoms with Gasteiger partial charge < -0.3 is 4.74 Å². The van der Waals surface area contributed by atoms with E-state index in [9.17, 15) is 8.42 Å². The van der Waals surface area contributed by atoms with E-state index in [0.29, 0.717) is 16.3 Å². The lowest BCUT2D eigenvalue weighted by molar-refractivity contribution is 0.414. The van der Waals surface area contributed by atoms with Crippen LogP contribution in [-0.2, 0) is 14.8 Å². The Balaban J connectivity index is 3.04. The fourth-order valence-corrected chi connectivity index (χ4v) is 2.21. The molecular weight excluding hydrogens is 247 g/mol. The van der Waals surface area contributed by atoms with E-state index >= 15 is 0 Å². The summed E-state index contributed by atoms with van der Waals surface area (Å²) in [7, 11) is 3.02. The SMILES string of the molecule is COc1cc(Cl)cc(CS(=O)(=O)Cl)c1. The Morgan fingerprint density at radius 3 is 2.50 bits per heavy atom. The molecule has 0 aliphatic rings. The largest absolute Gasteiger partial charge is 0.497 e. The molecule has 0 fully saturated rings. The molecule has 0 atom stereocenters. The topological polar surface area (TPSA) is 43.4 Å². The second-order valence-corrected chi connectivity index (χ2v) is 5.90. The number of halogens is 2. The van der Waals surface area contributed by atoms with Crippen LogP contribution in [0, 0.1) is 0 Å². The molecule has 0 radical (unpaired) electrons. The minimum atomic E-state index is -3.56. The fraction of sp³-hybridized carbons (Fsp3) is 0.250. The highest BCUT2D eigenvalue weighted by molar-refractivity contribution is 8.13. The van der Waals surface area contributed by atoms with E-state index in [4.69, 9.17) is 27.0 Å². The molecule has 0 amide bonds. The van der Waals surface area contributed by atoms with E-state index in [-0.39, 0.29) is 5.75 Å². The van der Waals surface area contributed by atoms with Crippen molar-refractivity contribution in [3.63, 3.8) is 0 Å². The van der Waals surface area contributed by atoms with Crippen molar-refractivity contribution >= 4 is 31.3 Å². The van der Waals surface area contributed by atoms with Gasteiger partial charge in [-0.05, 0) is 23.8 Å². The average Bonchev–Trinajstić information content (AvgIpc) is 1.99. The van der Waals surface area contributed by atoms with E-state index in [1.165, 1.54) is 13.2 Å². The first-order chi connectivity index (χ1) is 6.40. The molecule has 0 unspecified atom stereocenters. The highest BCUT2D eigenvalue weighted by Gasteiger charge is 2.09. The van der Waals surface area contributed by atoms with Crippen LogP contribution in [-0.4, -0.2) is 15.5 Å². The van der Waals surface area contributed by atoms with Crippen LogP contribution in [0.25, 0.3) is 0 Å². The van der Waals surface area contributed by atoms with Gasteiger partial charge in [0, 0.05) is 15.7 Å². The fourth-order valence-electron chi connectivity index (χ4n) is 1.02. The van der Waals surface area contributed by atoms with Gasteiger partial charge in [-0.1, -0.05) is 11.6 Å². The molecule has 0 aromatic heterocycles. The molecule has 0 aliphatic heterocycles. The van der Waals surface area contributed by atoms with Gasteiger partial charge in [0.25, 0.3) is 0 Å². The van der Waals surface area contributed by atoms with Crippen molar-refractivity contribution < 1.29 is 13.2 Å². The monoisotopic (exact) mass is 254 g/mol. The molecule has 6 heteroatoms. The number of hydrogen-bond donors (Lipinski definition) is 0. The van der Waals surface area contributed by atoms with Gasteiger partial charge in [0.1, 0.15) is 5.75 Å². The van der Waals surface area contributed by atoms with Crippen molar-refractivity contribution in [2.75, 3.05) is 7.11 Å². The Labute approximate surface area is 92.0 Å². The van der Waals surface area contributed by atoms with Crippen LogP contribution in [0.3, 0.4) is 0 Å². The first kappa shape index (κ1) is 11.6. The third-order valence-corrected chi connectivity index (χ3v) is 2.73. The summed E-state index contributed by atoms with van der Waals surface area (Å²) in [5.41, 5.74) is 0.504. The van der Waals surface area contributed by atoms with Gasteiger partial charge in [0.15, 0.2) is 0 Å². The lowest BCUT2D eigenvalue weighted by Crippen LogP contribution is -1.95. The zero-order valence-corrected chi connectivity index (χ0v) is 9.66. The Hall–Kier alpha value is -0.450. The summed E-state index contributed by atoms with van der Waals surface area (Å²) >= 11 is 5.74. The summed E-state index contributed by atoms with van der Waals surface area (Å²) < 4.78 is 26.5. The highest BCUT2D eigenvalue weighted by Crippen LogP contribution is 2.22. The molecule has 0 saturated heterocycles. The Bertz CT molecular complexity index is 428. The van der Waals surface area contributed by atoms with Gasteiger partial charge in [0.05, 0.1) is 12.9 Å². The molecule has 0 aliphatic carbocycles. The van der Waals surface area contributed by atoms with Crippen molar-refractivity contribution in [1.29, 1.82) is 0 Å². The minimum absolute atomic E-state index is 0.258. The van der Waals surface area contributed by atoms with Crippen LogP contribution in [0.5, 0.6) is 5.75 Å². The zero-order valence-electron chi connectivity index (χ0n) is 7.33. The predicted octanol–water partition coefficient (Wildman–Crippen LogP) is 2.42. The first-order valence-corrected chi connectivity index (χ1v) is 6.52. The second-order valence-electron chi connectivity index (χ2n) is 2.68. The second kappa shape index (κ2) is 4.38. The van der Waals surface area contributed by atoms with Crippen molar-refractivity contribution in [3.8, 4) is 5.75 Å².